The number of hydrogen-bond donors (Lipinski definition) is 1. The second kappa shape index (κ2) is 6.31. The van der Waals surface area contributed by atoms with Crippen molar-refractivity contribution >= 4 is 34.2 Å². The molecule has 2 aromatic rings. The van der Waals surface area contributed by atoms with E-state index in [1.54, 1.807) is 0 Å². The lowest BCUT2D eigenvalue weighted by Gasteiger charge is -2.11. The zero-order valence-corrected chi connectivity index (χ0v) is 13.4. The van der Waals surface area contributed by atoms with Crippen LogP contribution in [0.25, 0.3) is 0 Å². The molecule has 114 valence electrons. The number of azo groups is 1. The summed E-state index contributed by atoms with van der Waals surface area (Å²) in [7, 11) is 3.86. The van der Waals surface area contributed by atoms with Gasteiger partial charge in [-0.15, -0.1) is 0 Å². The number of thioether (sulfide) groups is 1. The summed E-state index contributed by atoms with van der Waals surface area (Å²) < 4.78 is 3.81. The fraction of sp³-hybridized carbons (Fsp3) is 0.333. The lowest BCUT2D eigenvalue weighted by Crippen LogP contribution is -2.25. The average molecular weight is 316 g/mol. The number of nitrogens with one attached hydrogen (secondary N) is 1. The molecule has 1 unspecified atom stereocenters. The second-order valence-corrected chi connectivity index (χ2v) is 6.32. The Bertz CT molecular complexity index is 688. The summed E-state index contributed by atoms with van der Waals surface area (Å²) in [4.78, 5) is 11.6. The van der Waals surface area contributed by atoms with Gasteiger partial charge in [0.15, 0.2) is 0 Å². The molecule has 1 aliphatic rings. The Balaban J connectivity index is 1.68. The number of aryl methyl sites for hydroxylation is 2. The molecule has 6 nitrogen and oxygen atoms in total. The molecule has 1 aromatic carbocycles. The quantitative estimate of drug-likeness (QED) is 0.697. The van der Waals surface area contributed by atoms with Gasteiger partial charge in [0.05, 0.1) is 32.5 Å². The molecule has 0 aliphatic carbocycles. The normalized spacial score (nSPS) is 18.3. The van der Waals surface area contributed by atoms with Crippen molar-refractivity contribution in [2.75, 3.05) is 11.1 Å². The molecule has 1 saturated heterocycles. The Morgan fingerprint density at radius 2 is 2.09 bits per heavy atom. The van der Waals surface area contributed by atoms with Crippen molar-refractivity contribution in [1.82, 2.24) is 4.57 Å². The van der Waals surface area contributed by atoms with Gasteiger partial charge in [0.1, 0.15) is 5.69 Å². The van der Waals surface area contributed by atoms with E-state index >= 15 is 0 Å². The van der Waals surface area contributed by atoms with Crippen LogP contribution in [0.4, 0.5) is 17.3 Å². The Kier molecular flexibility index (Phi) is 4.24. The molecule has 1 aromatic heterocycles. The monoisotopic (exact) mass is 316 g/mol. The third-order valence-electron chi connectivity index (χ3n) is 3.54. The molecule has 0 radical (unpaired) electrons. The van der Waals surface area contributed by atoms with Crippen LogP contribution < -0.4 is 9.88 Å². The predicted octanol–water partition coefficient (Wildman–Crippen LogP) is 2.71. The van der Waals surface area contributed by atoms with Gasteiger partial charge in [-0.2, -0.15) is 0 Å². The Hall–Kier alpha value is -2.15. The third-order valence-corrected chi connectivity index (χ3v) is 4.55. The van der Waals surface area contributed by atoms with Crippen LogP contribution in [-0.4, -0.2) is 21.5 Å². The molecule has 0 saturated carbocycles. The molecule has 22 heavy (non-hydrogen) atoms. The molecule has 7 heteroatoms. The number of hydrogen-bond acceptors (Lipinski definition) is 5. The maximum Gasteiger partial charge on any atom is 0.421 e. The van der Waals surface area contributed by atoms with E-state index in [0.29, 0.717) is 0 Å². The molecule has 0 amide bonds. The summed E-state index contributed by atoms with van der Waals surface area (Å²) in [5.74, 6) is 1.67. The number of carbonyl (C=O) groups is 1. The summed E-state index contributed by atoms with van der Waals surface area (Å²) in [6.45, 7) is 0. The standard InChI is InChI=1S/C15H17N5OS/c1-19-8-9-20(2)15(19)18-17-12-5-3-11(4-6-12)16-13-7-10-22-14(13)21/h3-6,8-9,13H,7,10H2,1-2H3/p+1. The van der Waals surface area contributed by atoms with Crippen molar-refractivity contribution in [2.24, 2.45) is 24.3 Å². The van der Waals surface area contributed by atoms with E-state index in [1.165, 1.54) is 11.8 Å². The molecule has 1 fully saturated rings. The van der Waals surface area contributed by atoms with E-state index in [2.05, 4.69) is 15.5 Å². The van der Waals surface area contributed by atoms with Crippen LogP contribution in [0.15, 0.2) is 46.9 Å². The van der Waals surface area contributed by atoms with Gasteiger partial charge in [0, 0.05) is 16.6 Å². The van der Waals surface area contributed by atoms with Crippen LogP contribution in [0, 0.1) is 0 Å². The summed E-state index contributed by atoms with van der Waals surface area (Å²) in [5, 5.41) is 12.0. The van der Waals surface area contributed by atoms with Gasteiger partial charge in [0.25, 0.3) is 0 Å². The lowest BCUT2D eigenvalue weighted by atomic mass is 10.2. The highest BCUT2D eigenvalue weighted by atomic mass is 32.2. The highest BCUT2D eigenvalue weighted by Crippen LogP contribution is 2.24. The van der Waals surface area contributed by atoms with Gasteiger partial charge in [-0.05, 0) is 30.7 Å². The van der Waals surface area contributed by atoms with Crippen LogP contribution in [0.3, 0.4) is 0 Å². The second-order valence-electron chi connectivity index (χ2n) is 5.22. The predicted molar refractivity (Wildman–Crippen MR) is 86.7 cm³/mol. The van der Waals surface area contributed by atoms with Gasteiger partial charge in [-0.3, -0.25) is 4.79 Å². The van der Waals surface area contributed by atoms with Crippen LogP contribution in [0.5, 0.6) is 0 Å². The molecule has 1 aliphatic heterocycles. The van der Waals surface area contributed by atoms with Crippen LogP contribution in [0.2, 0.25) is 0 Å². The van der Waals surface area contributed by atoms with Crippen molar-refractivity contribution in [3.63, 3.8) is 0 Å². The van der Waals surface area contributed by atoms with Crippen molar-refractivity contribution in [2.45, 2.75) is 12.5 Å². The average Bonchev–Trinajstić information content (AvgIpc) is 3.05. The minimum atomic E-state index is -0.0695. The first-order chi connectivity index (χ1) is 10.6. The molecule has 1 atom stereocenters. The maximum absolute atomic E-state index is 11.6. The van der Waals surface area contributed by atoms with E-state index in [1.807, 2.05) is 59.9 Å². The van der Waals surface area contributed by atoms with Crippen molar-refractivity contribution in [3.8, 4) is 0 Å². The van der Waals surface area contributed by atoms with Crippen molar-refractivity contribution in [3.05, 3.63) is 36.7 Å². The maximum atomic E-state index is 11.6. The van der Waals surface area contributed by atoms with Crippen LogP contribution >= 0.6 is 11.8 Å². The number of aromatic nitrogens is 2. The minimum absolute atomic E-state index is 0.0695. The summed E-state index contributed by atoms with van der Waals surface area (Å²) >= 11 is 1.40. The highest BCUT2D eigenvalue weighted by molar-refractivity contribution is 8.14. The van der Waals surface area contributed by atoms with Crippen molar-refractivity contribution in [1.29, 1.82) is 0 Å². The van der Waals surface area contributed by atoms with E-state index in [4.69, 9.17) is 0 Å². The number of carbonyl (C=O) groups excluding carboxylic acids is 1. The summed E-state index contributed by atoms with van der Waals surface area (Å²) in [6, 6.07) is 7.56. The van der Waals surface area contributed by atoms with E-state index in [9.17, 15) is 4.79 Å². The van der Waals surface area contributed by atoms with E-state index < -0.39 is 0 Å². The summed E-state index contributed by atoms with van der Waals surface area (Å²) in [6.07, 6.45) is 4.74. The first-order valence-corrected chi connectivity index (χ1v) is 8.08. The van der Waals surface area contributed by atoms with Crippen LogP contribution in [0.1, 0.15) is 6.42 Å². The van der Waals surface area contributed by atoms with Gasteiger partial charge < -0.3 is 5.32 Å². The van der Waals surface area contributed by atoms with Gasteiger partial charge in [-0.1, -0.05) is 16.9 Å². The number of rotatable bonds is 4. The van der Waals surface area contributed by atoms with Crippen LogP contribution in [-0.2, 0) is 18.9 Å². The number of benzene rings is 1. The molecule has 1 N–H and O–H groups in total. The Morgan fingerprint density at radius 3 is 2.68 bits per heavy atom. The zero-order chi connectivity index (χ0) is 15.5. The smallest absolute Gasteiger partial charge is 0.374 e. The van der Waals surface area contributed by atoms with E-state index in [0.717, 1.165) is 29.5 Å². The fourth-order valence-corrected chi connectivity index (χ4v) is 3.21. The zero-order valence-electron chi connectivity index (χ0n) is 12.6. The first kappa shape index (κ1) is 14.8. The molecular formula is C15H18N5OS+. The summed E-state index contributed by atoms with van der Waals surface area (Å²) in [5.41, 5.74) is 1.71. The van der Waals surface area contributed by atoms with E-state index in [-0.39, 0.29) is 11.2 Å². The fourth-order valence-electron chi connectivity index (χ4n) is 2.28. The number of nitrogens with zero attached hydrogens (tertiary/aromatic N) is 4. The Morgan fingerprint density at radius 1 is 1.32 bits per heavy atom. The molecule has 0 bridgehead atoms. The number of imidazole rings is 1. The van der Waals surface area contributed by atoms with Crippen molar-refractivity contribution < 1.29 is 9.36 Å². The molecule has 2 heterocycles. The first-order valence-electron chi connectivity index (χ1n) is 7.09. The third kappa shape index (κ3) is 3.19. The largest absolute Gasteiger partial charge is 0.421 e. The SMILES string of the molecule is Cn1cc[n+](C)c1/N=N/c1ccc(NC2CCSC2=O)cc1. The molecular weight excluding hydrogens is 298 g/mol. The topological polar surface area (TPSA) is 62.6 Å². The minimum Gasteiger partial charge on any atom is -0.374 e. The lowest BCUT2D eigenvalue weighted by molar-refractivity contribution is -0.657. The highest BCUT2D eigenvalue weighted by Gasteiger charge is 2.24. The molecule has 3 rings (SSSR count). The Labute approximate surface area is 133 Å². The number of anilines is 1. The molecule has 0 spiro atoms. The van der Waals surface area contributed by atoms with Gasteiger partial charge in [0.2, 0.25) is 5.12 Å². The van der Waals surface area contributed by atoms with Gasteiger partial charge >= 0.3 is 5.95 Å². The van der Waals surface area contributed by atoms with Gasteiger partial charge in [-0.25, -0.2) is 9.13 Å².